The molecule has 4 atom stereocenters. The summed E-state index contributed by atoms with van der Waals surface area (Å²) in [5.41, 5.74) is 19.3. The topological polar surface area (TPSA) is 343 Å². The Bertz CT molecular complexity index is 6300. The number of esters is 1. The minimum atomic E-state index is -0.897. The quantitative estimate of drug-likeness (QED) is 0.0212. The van der Waals surface area contributed by atoms with Gasteiger partial charge in [-0.2, -0.15) is 0 Å². The van der Waals surface area contributed by atoms with Gasteiger partial charge in [0.05, 0.1) is 183 Å². The van der Waals surface area contributed by atoms with Crippen molar-refractivity contribution < 1.29 is 101 Å². The van der Waals surface area contributed by atoms with Gasteiger partial charge in [-0.25, -0.2) is 0 Å². The number of nitrogens with zero attached hydrogens (tertiary/aromatic N) is 10. The predicted molar refractivity (Wildman–Crippen MR) is 548 cm³/mol. The van der Waals surface area contributed by atoms with Crippen LogP contribution in [-0.2, 0) is 94.9 Å². The van der Waals surface area contributed by atoms with E-state index in [4.69, 9.17) is 81.9 Å². The van der Waals surface area contributed by atoms with Crippen LogP contribution >= 0.6 is 0 Å². The van der Waals surface area contributed by atoms with Crippen molar-refractivity contribution in [1.29, 1.82) is 0 Å². The first-order chi connectivity index (χ1) is 67.6. The van der Waals surface area contributed by atoms with Crippen molar-refractivity contribution in [2.75, 3.05) is 157 Å². The Morgan fingerprint density at radius 2 is 0.638 bits per heavy atom. The molecule has 0 saturated carbocycles. The molecule has 0 spiro atoms. The van der Waals surface area contributed by atoms with Crippen molar-refractivity contribution in [3.8, 4) is 34.5 Å². The third-order valence-electron chi connectivity index (χ3n) is 24.8. The standard InChI is InChI=1S/C53H55N5O10.C52H53N5O10.CH4.3CH3.H2O.Sn/c1-34-21-42-44(54-30-40-25-37-9-5-7-11-46(37)57(40)52(42)60)28-48(34)67-32-35-22-36(24-39(23-35)56(2)14-16-65-18-20-66-19-17-64-15-13-51(59)63-4)33-68-50-29-45-43(27-49(50)62-3)53(61)58-41(31-55-45)26-38-10-6-8-12-47(38)58;1-33-20-41-43(53-29-39-24-36-8-4-6-10-45(36)56(39)51(41)60)27-47(33)66-31-34-21-35(23-38(22-34)55(2)13-15-64-17-19-65-18-16-63-14-12-50(58)59)32-67-49-28-44-42(26-48(49)62-3)52(61)57-40(30-54-44)25-37-9-5-7-11-46(37)57;;;;;;/h5-12,21-24,27-31,40-41H,13-20,25-26,32-33H2,1-4H3;4-11,20-23,26-30,39-40H,12-19,24-25,31-32H2,1-3H3,(H,58,59);1H4;3*1H3;1H2;/t40-,41-;39-,40-;;;;;;/m00....../s1. The second kappa shape index (κ2) is 48.7. The van der Waals surface area contributed by atoms with Gasteiger partial charge in [-0.15, -0.1) is 0 Å². The number of aryl methyl sites for hydroxylation is 2. The van der Waals surface area contributed by atoms with Crippen LogP contribution in [0.25, 0.3) is 0 Å². The molecular weight excluding hydrogens is 1900 g/mol. The molecule has 3 N–H and O–H groups in total. The van der Waals surface area contributed by atoms with Crippen LogP contribution in [0, 0.1) is 13.8 Å². The zero-order valence-electron chi connectivity index (χ0n) is 80.6. The van der Waals surface area contributed by atoms with Gasteiger partial charge < -0.3 is 82.0 Å². The van der Waals surface area contributed by atoms with Gasteiger partial charge in [0.25, 0.3) is 23.6 Å². The second-order valence-corrected chi connectivity index (χ2v) is 43.9. The fourth-order valence-electron chi connectivity index (χ4n) is 17.8. The first-order valence-electron chi connectivity index (χ1n) is 46.8. The number of benzene rings is 10. The Morgan fingerprint density at radius 3 is 0.936 bits per heavy atom. The number of rotatable bonds is 40. The van der Waals surface area contributed by atoms with E-state index in [1.54, 1.807) is 38.5 Å². The van der Waals surface area contributed by atoms with Crippen molar-refractivity contribution in [3.63, 3.8) is 0 Å². The zero-order chi connectivity index (χ0) is 97.2. The zero-order valence-corrected chi connectivity index (χ0v) is 83.4. The number of hydrogen-bond acceptors (Lipinski definition) is 25. The number of carbonyl (C=O) groups is 6. The number of para-hydroxylation sites is 4. The average Bonchev–Trinajstić information content (AvgIpc) is 1.63. The number of carboxylic acid groups (broad SMARTS) is 1. The third kappa shape index (κ3) is 25.0. The van der Waals surface area contributed by atoms with Gasteiger partial charge in [-0.3, -0.25) is 68.3 Å². The van der Waals surface area contributed by atoms with Crippen LogP contribution in [0.2, 0.25) is 14.8 Å². The molecule has 4 amide bonds. The Balaban J connectivity index is 0.000000213. The summed E-state index contributed by atoms with van der Waals surface area (Å²) in [6, 6.07) is 58.0. The fraction of sp³-hybridized carbons (Fsp3) is 0.358. The van der Waals surface area contributed by atoms with Crippen molar-refractivity contribution in [2.24, 2.45) is 20.0 Å². The molecule has 739 valence electrons. The molecule has 0 bridgehead atoms. The second-order valence-electron chi connectivity index (χ2n) is 35.4. The van der Waals surface area contributed by atoms with Gasteiger partial charge in [-0.05, 0) is 154 Å². The van der Waals surface area contributed by atoms with Crippen LogP contribution in [0.5, 0.6) is 34.5 Å². The average molecular weight is 2030 g/mol. The molecule has 32 heteroatoms. The van der Waals surface area contributed by atoms with Gasteiger partial charge in [0.1, 0.15) is 37.9 Å². The van der Waals surface area contributed by atoms with Gasteiger partial charge in [0.2, 0.25) is 0 Å². The first kappa shape index (κ1) is 103. The van der Waals surface area contributed by atoms with E-state index in [0.717, 1.165) is 103 Å². The molecule has 8 aliphatic heterocycles. The molecule has 8 aliphatic rings. The number of ether oxygens (including phenoxy) is 13. The molecule has 0 fully saturated rings. The monoisotopic (exact) mass is 2030 g/mol. The van der Waals surface area contributed by atoms with Crippen LogP contribution in [0.3, 0.4) is 0 Å². The number of amides is 4. The molecular formula is C109H123N10O21Sn. The van der Waals surface area contributed by atoms with Gasteiger partial charge in [0, 0.05) is 136 Å². The van der Waals surface area contributed by atoms with Gasteiger partial charge >= 0.3 is 46.5 Å². The summed E-state index contributed by atoms with van der Waals surface area (Å²) in [7, 11) is 8.46. The van der Waals surface area contributed by atoms with Gasteiger partial charge in [-0.1, -0.05) is 80.2 Å². The number of carboxylic acids is 1. The summed E-state index contributed by atoms with van der Waals surface area (Å²) >= 11 is -0.543. The van der Waals surface area contributed by atoms with E-state index in [-0.39, 0.29) is 119 Å². The minimum absolute atomic E-state index is 0. The molecule has 141 heavy (non-hydrogen) atoms. The molecule has 10 aromatic rings. The van der Waals surface area contributed by atoms with E-state index in [1.165, 1.54) is 7.11 Å². The molecule has 0 aromatic heterocycles. The molecule has 0 saturated heterocycles. The van der Waals surface area contributed by atoms with E-state index in [0.29, 0.717) is 172 Å². The maximum absolute atomic E-state index is 14.0. The molecule has 1 radical (unpaired) electrons. The van der Waals surface area contributed by atoms with E-state index in [9.17, 15) is 28.8 Å². The van der Waals surface area contributed by atoms with E-state index in [1.807, 2.05) is 194 Å². The number of carbonyl (C=O) groups excluding carboxylic acids is 5. The Labute approximate surface area is 829 Å². The van der Waals surface area contributed by atoms with Crippen LogP contribution in [-0.4, -0.2) is 243 Å². The number of likely N-dealkylation sites (N-methyl/N-ethyl adjacent to an activating group) is 2. The van der Waals surface area contributed by atoms with Crippen molar-refractivity contribution >= 4 is 137 Å². The molecule has 31 nitrogen and oxygen atoms in total. The SMILES string of the molecule is C.COC(=O)CCOCCOCCOCCN(C)c1cc(COc2cc3c(cc2C)C(=O)N2c4ccccc4C[C@H]2C=N3)cc(COc2cc3c(cc2OC)C(=O)N2c4ccccc4C[C@H]2C=N3)c1.COc1cc2c(cc1OCc1cc(COc3cc4c(cc3C)C(=O)N3c5ccccc5C[C@H]3C=N4)cc(N(C)CCOCCOCCOCCC(=O)O)c1)N=C[C@@H]1Cc3ccccc3N1C2=O.O.[CH3][Sn]([CH3])[CH3]. The van der Waals surface area contributed by atoms with Gasteiger partial charge in [0.15, 0.2) is 23.0 Å². The molecule has 0 aliphatic carbocycles. The summed E-state index contributed by atoms with van der Waals surface area (Å²) in [6.45, 7) is 10.2. The van der Waals surface area contributed by atoms with Crippen LogP contribution < -0.4 is 57.8 Å². The summed E-state index contributed by atoms with van der Waals surface area (Å²) < 4.78 is 75.9. The summed E-state index contributed by atoms with van der Waals surface area (Å²) in [4.78, 5) is 116. The third-order valence-corrected chi connectivity index (χ3v) is 24.8. The normalized spacial score (nSPS) is 15.9. The van der Waals surface area contributed by atoms with E-state index in [2.05, 4.69) is 65.8 Å². The van der Waals surface area contributed by atoms with Crippen LogP contribution in [0.1, 0.15) is 117 Å². The first-order valence-corrected chi connectivity index (χ1v) is 55.4. The Hall–Kier alpha value is -13.4. The summed E-state index contributed by atoms with van der Waals surface area (Å²) in [5, 5.41) is 8.74. The van der Waals surface area contributed by atoms with Crippen LogP contribution in [0.4, 0.5) is 56.9 Å². The Kier molecular flexibility index (Phi) is 35.7. The van der Waals surface area contributed by atoms with Crippen molar-refractivity contribution in [2.45, 2.75) is 125 Å². The van der Waals surface area contributed by atoms with Crippen LogP contribution in [0.15, 0.2) is 202 Å². The number of aliphatic carboxylic acids is 1. The summed E-state index contributed by atoms with van der Waals surface area (Å²) in [6.07, 6.45) is 10.4. The molecule has 8 heterocycles. The number of hydrogen-bond donors (Lipinski definition) is 1. The van der Waals surface area contributed by atoms with E-state index >= 15 is 0 Å². The number of anilines is 6. The predicted octanol–water partition coefficient (Wildman–Crippen LogP) is 16.7. The molecule has 0 unspecified atom stereocenters. The maximum atomic E-state index is 14.0. The van der Waals surface area contributed by atoms with Crippen molar-refractivity contribution in [1.82, 2.24) is 0 Å². The number of aliphatic imine (C=N–C) groups is 4. The molecule has 10 aromatic carbocycles. The van der Waals surface area contributed by atoms with E-state index < -0.39 is 25.7 Å². The molecule has 18 rings (SSSR count). The number of methoxy groups -OCH3 is 3. The number of fused-ring (bicyclic) bond motifs is 16. The fourth-order valence-corrected chi connectivity index (χ4v) is 17.8. The van der Waals surface area contributed by atoms with Crippen molar-refractivity contribution in [3.05, 3.63) is 260 Å². The summed E-state index contributed by atoms with van der Waals surface area (Å²) in [5.74, 6) is 1.36. The Morgan fingerprint density at radius 1 is 0.369 bits per heavy atom.